The van der Waals surface area contributed by atoms with Crippen LogP contribution in [0.4, 0.5) is 0 Å². The van der Waals surface area contributed by atoms with Crippen LogP contribution in [0.15, 0.2) is 54.6 Å². The molecule has 1 aromatic carbocycles. The fraction of sp³-hybridized carbons (Fsp3) is 0.0909. The molecule has 1 aromatic rings. The molecule has 0 amide bonds. The molecule has 0 radical (unpaired) electrons. The van der Waals surface area contributed by atoms with Crippen LogP contribution in [0.3, 0.4) is 0 Å². The average molecular weight is 142 g/mol. The van der Waals surface area contributed by atoms with Crippen LogP contribution in [-0.2, 0) is 0 Å². The monoisotopic (exact) mass is 142 g/mol. The van der Waals surface area contributed by atoms with E-state index in [1.54, 1.807) is 0 Å². The second-order valence-electron chi connectivity index (χ2n) is 2.71. The van der Waals surface area contributed by atoms with Gasteiger partial charge in [0.2, 0.25) is 0 Å². The van der Waals surface area contributed by atoms with Crippen LogP contribution in [0.1, 0.15) is 11.5 Å². The van der Waals surface area contributed by atoms with Crippen LogP contribution in [0.5, 0.6) is 0 Å². The summed E-state index contributed by atoms with van der Waals surface area (Å²) in [6.07, 6.45) is 8.60. The van der Waals surface area contributed by atoms with E-state index in [-0.39, 0.29) is 0 Å². The first-order valence-electron chi connectivity index (χ1n) is 3.87. The molecule has 0 bridgehead atoms. The molecule has 0 N–H and O–H groups in total. The van der Waals surface area contributed by atoms with E-state index in [2.05, 4.69) is 48.6 Å². The Bertz CT molecular complexity index is 268. The van der Waals surface area contributed by atoms with Crippen molar-refractivity contribution in [2.24, 2.45) is 0 Å². The van der Waals surface area contributed by atoms with Gasteiger partial charge in [0.05, 0.1) is 0 Å². The summed E-state index contributed by atoms with van der Waals surface area (Å²) in [5.74, 6) is 0.510. The lowest BCUT2D eigenvalue weighted by Gasteiger charge is -2.03. The van der Waals surface area contributed by atoms with Crippen molar-refractivity contribution in [1.82, 2.24) is 0 Å². The summed E-state index contributed by atoms with van der Waals surface area (Å²) in [6, 6.07) is 10.5. The molecule has 0 nitrogen and oxygen atoms in total. The fourth-order valence-corrected chi connectivity index (χ4v) is 1.33. The highest BCUT2D eigenvalue weighted by atomic mass is 14.1. The van der Waals surface area contributed by atoms with Gasteiger partial charge < -0.3 is 0 Å². The van der Waals surface area contributed by atoms with Crippen molar-refractivity contribution in [2.75, 3.05) is 0 Å². The molecule has 2 rings (SSSR count). The van der Waals surface area contributed by atoms with Crippen LogP contribution in [0, 0.1) is 0 Å². The number of allylic oxidation sites excluding steroid dienone is 4. The Labute approximate surface area is 66.9 Å². The van der Waals surface area contributed by atoms with Gasteiger partial charge in [0.1, 0.15) is 0 Å². The molecule has 1 aliphatic rings. The lowest BCUT2D eigenvalue weighted by molar-refractivity contribution is 1.10. The van der Waals surface area contributed by atoms with Crippen LogP contribution < -0.4 is 0 Å². The second kappa shape index (κ2) is 2.75. The van der Waals surface area contributed by atoms with Gasteiger partial charge >= 0.3 is 0 Å². The first-order chi connectivity index (χ1) is 5.47. The van der Waals surface area contributed by atoms with Crippen LogP contribution in [0.25, 0.3) is 0 Å². The van der Waals surface area contributed by atoms with Crippen LogP contribution in [-0.4, -0.2) is 0 Å². The van der Waals surface area contributed by atoms with E-state index in [4.69, 9.17) is 0 Å². The Morgan fingerprint density at radius 1 is 0.818 bits per heavy atom. The highest BCUT2D eigenvalue weighted by molar-refractivity contribution is 5.34. The van der Waals surface area contributed by atoms with E-state index in [0.29, 0.717) is 5.92 Å². The molecule has 1 aliphatic carbocycles. The maximum absolute atomic E-state index is 2.20. The summed E-state index contributed by atoms with van der Waals surface area (Å²) in [4.78, 5) is 0. The average Bonchev–Trinajstić information content (AvgIpc) is 2.58. The van der Waals surface area contributed by atoms with E-state index in [1.165, 1.54) is 5.56 Å². The largest absolute Gasteiger partial charge is 0.0732 e. The van der Waals surface area contributed by atoms with Crippen molar-refractivity contribution in [3.05, 3.63) is 60.2 Å². The third-order valence-electron chi connectivity index (χ3n) is 1.93. The van der Waals surface area contributed by atoms with Crippen molar-refractivity contribution < 1.29 is 0 Å². The lowest BCUT2D eigenvalue weighted by Crippen LogP contribution is -1.86. The Morgan fingerprint density at radius 2 is 1.45 bits per heavy atom. The molecule has 0 unspecified atom stereocenters. The minimum absolute atomic E-state index is 0.510. The highest BCUT2D eigenvalue weighted by Crippen LogP contribution is 2.21. The predicted molar refractivity (Wildman–Crippen MR) is 47.5 cm³/mol. The normalized spacial score (nSPS) is 16.0. The summed E-state index contributed by atoms with van der Waals surface area (Å²) in [6.45, 7) is 0. The molecule has 54 valence electrons. The Kier molecular flexibility index (Phi) is 1.60. The van der Waals surface area contributed by atoms with Gasteiger partial charge in [-0.25, -0.2) is 0 Å². The molecule has 0 aliphatic heterocycles. The molecular weight excluding hydrogens is 132 g/mol. The minimum atomic E-state index is 0.510. The third kappa shape index (κ3) is 1.25. The Balaban J connectivity index is 2.30. The maximum atomic E-state index is 2.20. The number of rotatable bonds is 1. The molecule has 0 saturated heterocycles. The SMILES string of the molecule is C1=CC(c2ccccc2)C=C1. The highest BCUT2D eigenvalue weighted by Gasteiger charge is 2.04. The zero-order chi connectivity index (χ0) is 7.52. The molecule has 0 fully saturated rings. The Morgan fingerprint density at radius 3 is 2.09 bits per heavy atom. The molecule has 11 heavy (non-hydrogen) atoms. The third-order valence-corrected chi connectivity index (χ3v) is 1.93. The topological polar surface area (TPSA) is 0 Å². The van der Waals surface area contributed by atoms with E-state index in [9.17, 15) is 0 Å². The number of hydrogen-bond donors (Lipinski definition) is 0. The first kappa shape index (κ1) is 6.41. The first-order valence-corrected chi connectivity index (χ1v) is 3.87. The summed E-state index contributed by atoms with van der Waals surface area (Å²) >= 11 is 0. The van der Waals surface area contributed by atoms with Crippen molar-refractivity contribution >= 4 is 0 Å². The molecule has 0 heteroatoms. The fourth-order valence-electron chi connectivity index (χ4n) is 1.33. The summed E-state index contributed by atoms with van der Waals surface area (Å²) in [7, 11) is 0. The van der Waals surface area contributed by atoms with Crippen molar-refractivity contribution in [1.29, 1.82) is 0 Å². The molecule has 0 aromatic heterocycles. The van der Waals surface area contributed by atoms with E-state index >= 15 is 0 Å². The zero-order valence-electron chi connectivity index (χ0n) is 6.27. The lowest BCUT2D eigenvalue weighted by atomic mass is 10.0. The van der Waals surface area contributed by atoms with Crippen molar-refractivity contribution in [3.8, 4) is 0 Å². The second-order valence-corrected chi connectivity index (χ2v) is 2.71. The molecule has 0 saturated carbocycles. The predicted octanol–water partition coefficient (Wildman–Crippen LogP) is 2.90. The molecule has 0 heterocycles. The summed E-state index contributed by atoms with van der Waals surface area (Å²) in [5.41, 5.74) is 1.37. The maximum Gasteiger partial charge on any atom is 0.0204 e. The quantitative estimate of drug-likeness (QED) is 0.565. The van der Waals surface area contributed by atoms with Gasteiger partial charge in [-0.2, -0.15) is 0 Å². The summed E-state index contributed by atoms with van der Waals surface area (Å²) < 4.78 is 0. The van der Waals surface area contributed by atoms with Gasteiger partial charge in [0, 0.05) is 5.92 Å². The van der Waals surface area contributed by atoms with Crippen molar-refractivity contribution in [3.63, 3.8) is 0 Å². The van der Waals surface area contributed by atoms with Crippen LogP contribution >= 0.6 is 0 Å². The van der Waals surface area contributed by atoms with Gasteiger partial charge in [-0.15, -0.1) is 0 Å². The van der Waals surface area contributed by atoms with Gasteiger partial charge in [0.15, 0.2) is 0 Å². The zero-order valence-corrected chi connectivity index (χ0v) is 6.27. The van der Waals surface area contributed by atoms with Crippen molar-refractivity contribution in [2.45, 2.75) is 5.92 Å². The molecule has 0 spiro atoms. The van der Waals surface area contributed by atoms with E-state index in [0.717, 1.165) is 0 Å². The number of hydrogen-bond acceptors (Lipinski definition) is 0. The van der Waals surface area contributed by atoms with Gasteiger partial charge in [-0.05, 0) is 5.56 Å². The standard InChI is InChI=1S/C11H10/c1-2-6-10(7-3-1)11-8-4-5-9-11/h1-9,11H. The molecular formula is C11H10. The Hall–Kier alpha value is -1.30. The molecule has 0 atom stereocenters. The summed E-state index contributed by atoms with van der Waals surface area (Å²) in [5, 5.41) is 0. The van der Waals surface area contributed by atoms with Gasteiger partial charge in [0.25, 0.3) is 0 Å². The van der Waals surface area contributed by atoms with E-state index in [1.807, 2.05) is 6.07 Å². The van der Waals surface area contributed by atoms with E-state index < -0.39 is 0 Å². The smallest absolute Gasteiger partial charge is 0.0204 e. The van der Waals surface area contributed by atoms with Gasteiger partial charge in [-0.1, -0.05) is 54.6 Å². The minimum Gasteiger partial charge on any atom is -0.0732 e. The van der Waals surface area contributed by atoms with Crippen LogP contribution in [0.2, 0.25) is 0 Å². The van der Waals surface area contributed by atoms with Gasteiger partial charge in [-0.3, -0.25) is 0 Å². The number of benzene rings is 1.